The van der Waals surface area contributed by atoms with Gasteiger partial charge in [0.05, 0.1) is 18.9 Å². The highest BCUT2D eigenvalue weighted by atomic mass is 16.5. The van der Waals surface area contributed by atoms with Crippen molar-refractivity contribution in [1.82, 2.24) is 24.7 Å². The summed E-state index contributed by atoms with van der Waals surface area (Å²) in [6.07, 6.45) is 9.84. The molecule has 1 aromatic rings. The topological polar surface area (TPSA) is 78.9 Å². The molecule has 3 aliphatic rings. The number of hydrogen-bond acceptors (Lipinski definition) is 6. The molecule has 0 unspecified atom stereocenters. The molecule has 2 saturated heterocycles. The first-order valence-electron chi connectivity index (χ1n) is 10.3. The monoisotopic (exact) mass is 387 g/mol. The Morgan fingerprint density at radius 2 is 1.86 bits per heavy atom. The molecule has 1 aromatic heterocycles. The number of rotatable bonds is 4. The lowest BCUT2D eigenvalue weighted by atomic mass is 9.91. The van der Waals surface area contributed by atoms with Crippen LogP contribution in [0.5, 0.6) is 5.75 Å². The molecule has 0 N–H and O–H groups in total. The number of carbonyl (C=O) groups excluding carboxylic acids is 2. The van der Waals surface area contributed by atoms with Crippen molar-refractivity contribution in [3.63, 3.8) is 0 Å². The Hall–Kier alpha value is -2.22. The summed E-state index contributed by atoms with van der Waals surface area (Å²) in [5.41, 5.74) is 0. The van der Waals surface area contributed by atoms with E-state index in [2.05, 4.69) is 14.9 Å². The van der Waals surface area contributed by atoms with Gasteiger partial charge in [-0.2, -0.15) is 0 Å². The Morgan fingerprint density at radius 1 is 1.07 bits per heavy atom. The number of hydrogen-bond donors (Lipinski definition) is 0. The van der Waals surface area contributed by atoms with Gasteiger partial charge in [-0.3, -0.25) is 14.5 Å². The molecule has 28 heavy (non-hydrogen) atoms. The normalized spacial score (nSPS) is 26.6. The maximum atomic E-state index is 13.3. The highest BCUT2D eigenvalue weighted by Crippen LogP contribution is 2.27. The van der Waals surface area contributed by atoms with Gasteiger partial charge in [0.1, 0.15) is 18.5 Å². The van der Waals surface area contributed by atoms with Gasteiger partial charge in [-0.1, -0.05) is 6.42 Å². The third kappa shape index (κ3) is 4.11. The summed E-state index contributed by atoms with van der Waals surface area (Å²) in [6.45, 7) is 5.45. The van der Waals surface area contributed by atoms with E-state index in [1.165, 1.54) is 32.5 Å². The molecule has 2 aliphatic heterocycles. The quantitative estimate of drug-likeness (QED) is 0.765. The minimum absolute atomic E-state index is 0.0565. The van der Waals surface area contributed by atoms with E-state index in [9.17, 15) is 9.59 Å². The molecule has 1 saturated carbocycles. The summed E-state index contributed by atoms with van der Waals surface area (Å²) < 4.78 is 5.92. The fourth-order valence-corrected chi connectivity index (χ4v) is 4.49. The van der Waals surface area contributed by atoms with E-state index in [-0.39, 0.29) is 17.9 Å². The van der Waals surface area contributed by atoms with E-state index in [1.807, 2.05) is 4.90 Å². The fraction of sp³-hybridized carbons (Fsp3) is 0.700. The lowest BCUT2D eigenvalue weighted by Gasteiger charge is -2.36. The Bertz CT molecular complexity index is 696. The van der Waals surface area contributed by atoms with Crippen LogP contribution in [-0.4, -0.2) is 87.4 Å². The molecule has 152 valence electrons. The molecule has 0 aromatic carbocycles. The summed E-state index contributed by atoms with van der Waals surface area (Å²) in [7, 11) is 0. The first kappa shape index (κ1) is 19.1. The fourth-order valence-electron chi connectivity index (χ4n) is 4.49. The van der Waals surface area contributed by atoms with E-state index >= 15 is 0 Å². The molecule has 3 heterocycles. The summed E-state index contributed by atoms with van der Waals surface area (Å²) in [5.74, 6) is 0.538. The molecule has 0 bridgehead atoms. The predicted molar refractivity (Wildman–Crippen MR) is 103 cm³/mol. The molecule has 2 amide bonds. The highest BCUT2D eigenvalue weighted by molar-refractivity contribution is 5.87. The van der Waals surface area contributed by atoms with Gasteiger partial charge in [0.15, 0.2) is 5.75 Å². The van der Waals surface area contributed by atoms with Crippen LogP contribution in [0.3, 0.4) is 0 Å². The van der Waals surface area contributed by atoms with Gasteiger partial charge in [0.25, 0.3) is 0 Å². The Morgan fingerprint density at radius 3 is 2.54 bits per heavy atom. The lowest BCUT2D eigenvalue weighted by Crippen LogP contribution is -2.48. The Balaban J connectivity index is 1.39. The van der Waals surface area contributed by atoms with Crippen molar-refractivity contribution >= 4 is 11.8 Å². The van der Waals surface area contributed by atoms with Crippen molar-refractivity contribution < 1.29 is 14.3 Å². The third-order valence-corrected chi connectivity index (χ3v) is 6.23. The molecule has 3 fully saturated rings. The van der Waals surface area contributed by atoms with Gasteiger partial charge in [0.2, 0.25) is 11.8 Å². The van der Waals surface area contributed by atoms with Crippen LogP contribution in [-0.2, 0) is 9.59 Å². The van der Waals surface area contributed by atoms with Gasteiger partial charge in [-0.15, -0.1) is 0 Å². The molecule has 8 heteroatoms. The second kappa shape index (κ2) is 8.43. The molecular weight excluding hydrogens is 358 g/mol. The zero-order chi connectivity index (χ0) is 19.5. The summed E-state index contributed by atoms with van der Waals surface area (Å²) in [5, 5.41) is 0. The number of likely N-dealkylation sites (tertiary alicyclic amines) is 1. The number of aromatic nitrogens is 2. The van der Waals surface area contributed by atoms with E-state index in [1.54, 1.807) is 17.3 Å². The van der Waals surface area contributed by atoms with Crippen LogP contribution in [0.1, 0.15) is 39.0 Å². The molecule has 4 rings (SSSR count). The first-order valence-corrected chi connectivity index (χ1v) is 10.3. The number of ether oxygens (including phenoxy) is 1. The Kier molecular flexibility index (Phi) is 5.75. The average Bonchev–Trinajstić information content (AvgIpc) is 2.92. The van der Waals surface area contributed by atoms with Crippen LogP contribution in [0, 0.1) is 0 Å². The maximum absolute atomic E-state index is 13.3. The van der Waals surface area contributed by atoms with Crippen molar-refractivity contribution in [1.29, 1.82) is 0 Å². The minimum atomic E-state index is -0.442. The van der Waals surface area contributed by atoms with Crippen LogP contribution in [0.25, 0.3) is 0 Å². The van der Waals surface area contributed by atoms with Gasteiger partial charge < -0.3 is 14.5 Å². The summed E-state index contributed by atoms with van der Waals surface area (Å²) in [4.78, 5) is 39.5. The molecule has 0 spiro atoms. The Labute approximate surface area is 165 Å². The van der Waals surface area contributed by atoms with Gasteiger partial charge in [0, 0.05) is 45.6 Å². The van der Waals surface area contributed by atoms with Crippen LogP contribution in [0.2, 0.25) is 0 Å². The zero-order valence-corrected chi connectivity index (χ0v) is 16.5. The standard InChI is InChI=1S/C20H29N5O3/c1-15(26)25-13-17(28-18-11-21-14-22-12-18)10-19(25)20(27)24-7-3-6-23(8-9-24)16-4-2-5-16/h11-12,14,16-17,19H,2-10,13H2,1H3/t17-,19+/m0/s1. The van der Waals surface area contributed by atoms with Gasteiger partial charge in [-0.05, 0) is 19.3 Å². The van der Waals surface area contributed by atoms with E-state index in [4.69, 9.17) is 4.74 Å². The van der Waals surface area contributed by atoms with Gasteiger partial charge >= 0.3 is 0 Å². The summed E-state index contributed by atoms with van der Waals surface area (Å²) >= 11 is 0. The van der Waals surface area contributed by atoms with Crippen LogP contribution in [0.4, 0.5) is 0 Å². The molecule has 1 aliphatic carbocycles. The minimum Gasteiger partial charge on any atom is -0.485 e. The highest BCUT2D eigenvalue weighted by Gasteiger charge is 2.41. The van der Waals surface area contributed by atoms with Crippen LogP contribution >= 0.6 is 0 Å². The van der Waals surface area contributed by atoms with E-state index < -0.39 is 6.04 Å². The third-order valence-electron chi connectivity index (χ3n) is 6.23. The van der Waals surface area contributed by atoms with Crippen molar-refractivity contribution in [2.75, 3.05) is 32.7 Å². The molecular formula is C20H29N5O3. The van der Waals surface area contributed by atoms with Crippen molar-refractivity contribution in [2.24, 2.45) is 0 Å². The predicted octanol–water partition coefficient (Wildman–Crippen LogP) is 0.932. The van der Waals surface area contributed by atoms with Crippen molar-refractivity contribution in [2.45, 2.75) is 57.2 Å². The second-order valence-corrected chi connectivity index (χ2v) is 8.04. The smallest absolute Gasteiger partial charge is 0.245 e. The van der Waals surface area contributed by atoms with Crippen LogP contribution < -0.4 is 4.74 Å². The maximum Gasteiger partial charge on any atom is 0.245 e. The molecule has 0 radical (unpaired) electrons. The van der Waals surface area contributed by atoms with Crippen LogP contribution in [0.15, 0.2) is 18.7 Å². The number of amides is 2. The number of carbonyl (C=O) groups is 2. The van der Waals surface area contributed by atoms with Crippen molar-refractivity contribution in [3.05, 3.63) is 18.7 Å². The van der Waals surface area contributed by atoms with E-state index in [0.29, 0.717) is 24.8 Å². The van der Waals surface area contributed by atoms with Gasteiger partial charge in [-0.25, -0.2) is 9.97 Å². The molecule has 8 nitrogen and oxygen atoms in total. The van der Waals surface area contributed by atoms with Crippen molar-refractivity contribution in [3.8, 4) is 5.75 Å². The SMILES string of the molecule is CC(=O)N1C[C@@H](Oc2cncnc2)C[C@@H]1C(=O)N1CCCN(C2CCC2)CC1. The average molecular weight is 387 g/mol. The first-order chi connectivity index (χ1) is 13.6. The van der Waals surface area contributed by atoms with E-state index in [0.717, 1.165) is 32.6 Å². The largest absolute Gasteiger partial charge is 0.485 e. The molecule has 2 atom stereocenters. The number of nitrogens with zero attached hydrogens (tertiary/aromatic N) is 5. The lowest BCUT2D eigenvalue weighted by molar-refractivity contribution is -0.142. The summed E-state index contributed by atoms with van der Waals surface area (Å²) in [6, 6.07) is 0.267. The zero-order valence-electron chi connectivity index (χ0n) is 16.5. The second-order valence-electron chi connectivity index (χ2n) is 8.04.